The number of carboxylic acids is 1. The fraction of sp³-hybridized carbons (Fsp3) is 0.353. The topological polar surface area (TPSA) is 70.5 Å². The fourth-order valence-corrected chi connectivity index (χ4v) is 3.30. The van der Waals surface area contributed by atoms with Crippen molar-refractivity contribution in [3.05, 3.63) is 41.0 Å². The van der Waals surface area contributed by atoms with E-state index in [1.807, 2.05) is 6.07 Å². The third-order valence-electron chi connectivity index (χ3n) is 4.40. The highest BCUT2D eigenvalue weighted by atomic mass is 35.5. The van der Waals surface area contributed by atoms with Crippen molar-refractivity contribution in [3.8, 4) is 0 Å². The number of nitrogens with zero attached hydrogens (tertiary/aromatic N) is 2. The summed E-state index contributed by atoms with van der Waals surface area (Å²) in [6.07, 6.45) is 2.87. The zero-order valence-electron chi connectivity index (χ0n) is 12.8. The molecule has 23 heavy (non-hydrogen) atoms. The van der Waals surface area contributed by atoms with Gasteiger partial charge >= 0.3 is 5.97 Å². The van der Waals surface area contributed by atoms with Crippen LogP contribution < -0.4 is 0 Å². The van der Waals surface area contributed by atoms with E-state index in [9.17, 15) is 14.7 Å². The number of hydrogen-bond donors (Lipinski definition) is 1. The van der Waals surface area contributed by atoms with Gasteiger partial charge in [-0.2, -0.15) is 0 Å². The van der Waals surface area contributed by atoms with Gasteiger partial charge in [0, 0.05) is 29.7 Å². The summed E-state index contributed by atoms with van der Waals surface area (Å²) in [4.78, 5) is 30.3. The molecule has 1 aromatic carbocycles. The smallest absolute Gasteiger partial charge is 0.311 e. The first-order valence-corrected chi connectivity index (χ1v) is 7.85. The molecule has 1 aromatic heterocycles. The number of hydrogen-bond acceptors (Lipinski definition) is 3. The van der Waals surface area contributed by atoms with Crippen LogP contribution in [0, 0.1) is 5.41 Å². The summed E-state index contributed by atoms with van der Waals surface area (Å²) >= 11 is 6.12. The Morgan fingerprint density at radius 3 is 2.91 bits per heavy atom. The Balaban J connectivity index is 1.99. The average molecular weight is 333 g/mol. The standard InChI is InChI=1S/C17H17ClN2O3/c1-17(16(22)23)5-3-7-20(10-17)15(21)13-9-12(18)8-11-4-2-6-19-14(11)13/h2,4,6,8-9H,3,5,7,10H2,1H3,(H,22,23). The highest BCUT2D eigenvalue weighted by Gasteiger charge is 2.39. The van der Waals surface area contributed by atoms with Gasteiger partial charge in [0.15, 0.2) is 0 Å². The number of carbonyl (C=O) groups is 2. The zero-order valence-corrected chi connectivity index (χ0v) is 13.5. The van der Waals surface area contributed by atoms with E-state index >= 15 is 0 Å². The number of likely N-dealkylation sites (tertiary alicyclic amines) is 1. The molecule has 0 radical (unpaired) electrons. The molecule has 1 unspecified atom stereocenters. The average Bonchev–Trinajstić information content (AvgIpc) is 2.53. The molecule has 0 aliphatic carbocycles. The summed E-state index contributed by atoms with van der Waals surface area (Å²) in [6.45, 7) is 2.42. The number of carbonyl (C=O) groups excluding carboxylic acids is 1. The molecule has 1 atom stereocenters. The minimum absolute atomic E-state index is 0.196. The van der Waals surface area contributed by atoms with E-state index in [1.165, 1.54) is 0 Å². The number of piperidine rings is 1. The van der Waals surface area contributed by atoms with Gasteiger partial charge in [0.05, 0.1) is 16.5 Å². The molecular weight excluding hydrogens is 316 g/mol. The molecule has 2 heterocycles. The van der Waals surface area contributed by atoms with Gasteiger partial charge in [-0.1, -0.05) is 17.7 Å². The van der Waals surface area contributed by atoms with Gasteiger partial charge < -0.3 is 10.0 Å². The maximum atomic E-state index is 12.9. The first-order chi connectivity index (χ1) is 10.9. The first kappa shape index (κ1) is 15.7. The van der Waals surface area contributed by atoms with Crippen LogP contribution in [-0.2, 0) is 4.79 Å². The summed E-state index contributed by atoms with van der Waals surface area (Å²) in [7, 11) is 0. The molecule has 1 N–H and O–H groups in total. The first-order valence-electron chi connectivity index (χ1n) is 7.48. The molecule has 0 spiro atoms. The highest BCUT2D eigenvalue weighted by Crippen LogP contribution is 2.31. The lowest BCUT2D eigenvalue weighted by molar-refractivity contribution is -0.150. The van der Waals surface area contributed by atoms with Gasteiger partial charge in [-0.25, -0.2) is 0 Å². The van der Waals surface area contributed by atoms with Crippen LogP contribution in [0.2, 0.25) is 5.02 Å². The quantitative estimate of drug-likeness (QED) is 0.916. The molecular formula is C17H17ClN2O3. The van der Waals surface area contributed by atoms with E-state index in [0.717, 1.165) is 5.39 Å². The Labute approximate surface area is 138 Å². The summed E-state index contributed by atoms with van der Waals surface area (Å²) in [5.74, 6) is -1.09. The van der Waals surface area contributed by atoms with Crippen molar-refractivity contribution in [2.75, 3.05) is 13.1 Å². The summed E-state index contributed by atoms with van der Waals surface area (Å²) in [6, 6.07) is 7.00. The lowest BCUT2D eigenvalue weighted by Gasteiger charge is -2.37. The normalized spacial score (nSPS) is 21.4. The molecule has 1 saturated heterocycles. The van der Waals surface area contributed by atoms with Gasteiger partial charge in [0.2, 0.25) is 0 Å². The van der Waals surface area contributed by atoms with Gasteiger partial charge in [-0.3, -0.25) is 14.6 Å². The van der Waals surface area contributed by atoms with Crippen LogP contribution in [0.1, 0.15) is 30.1 Å². The third-order valence-corrected chi connectivity index (χ3v) is 4.62. The maximum Gasteiger partial charge on any atom is 0.311 e. The number of aromatic nitrogens is 1. The van der Waals surface area contributed by atoms with Crippen LogP contribution in [0.15, 0.2) is 30.5 Å². The number of benzene rings is 1. The second-order valence-corrected chi connectivity index (χ2v) is 6.66. The molecule has 2 aromatic rings. The minimum atomic E-state index is -0.907. The number of halogens is 1. The Kier molecular flexibility index (Phi) is 3.98. The molecule has 1 fully saturated rings. The van der Waals surface area contributed by atoms with Crippen molar-refractivity contribution in [2.24, 2.45) is 5.41 Å². The Hall–Kier alpha value is -2.14. The van der Waals surface area contributed by atoms with Crippen LogP contribution in [0.3, 0.4) is 0 Å². The van der Waals surface area contributed by atoms with Crippen molar-refractivity contribution in [3.63, 3.8) is 0 Å². The Bertz CT molecular complexity index is 793. The highest BCUT2D eigenvalue weighted by molar-refractivity contribution is 6.32. The van der Waals surface area contributed by atoms with Crippen LogP contribution in [-0.4, -0.2) is 40.0 Å². The SMILES string of the molecule is CC1(C(=O)O)CCCN(C(=O)c2cc(Cl)cc3cccnc23)C1. The van der Waals surface area contributed by atoms with Crippen LogP contribution in [0.25, 0.3) is 10.9 Å². The van der Waals surface area contributed by atoms with Crippen LogP contribution in [0.5, 0.6) is 0 Å². The van der Waals surface area contributed by atoms with E-state index < -0.39 is 11.4 Å². The van der Waals surface area contributed by atoms with Crippen LogP contribution in [0.4, 0.5) is 0 Å². The van der Waals surface area contributed by atoms with E-state index in [4.69, 9.17) is 11.6 Å². The Morgan fingerprint density at radius 1 is 1.39 bits per heavy atom. The fourth-order valence-electron chi connectivity index (χ4n) is 3.08. The van der Waals surface area contributed by atoms with Crippen molar-refractivity contribution in [1.29, 1.82) is 0 Å². The molecule has 120 valence electrons. The van der Waals surface area contributed by atoms with Crippen molar-refractivity contribution in [2.45, 2.75) is 19.8 Å². The number of amides is 1. The number of rotatable bonds is 2. The van der Waals surface area contributed by atoms with Gasteiger partial charge in [0.25, 0.3) is 5.91 Å². The van der Waals surface area contributed by atoms with Gasteiger partial charge in [-0.15, -0.1) is 0 Å². The molecule has 5 nitrogen and oxygen atoms in total. The summed E-state index contributed by atoms with van der Waals surface area (Å²) in [5.41, 5.74) is 0.0997. The molecule has 1 amide bonds. The van der Waals surface area contributed by atoms with E-state index in [-0.39, 0.29) is 12.5 Å². The second-order valence-electron chi connectivity index (χ2n) is 6.22. The largest absolute Gasteiger partial charge is 0.481 e. The van der Waals surface area contributed by atoms with Crippen molar-refractivity contribution < 1.29 is 14.7 Å². The zero-order chi connectivity index (χ0) is 16.6. The Morgan fingerprint density at radius 2 is 2.17 bits per heavy atom. The lowest BCUT2D eigenvalue weighted by Crippen LogP contribution is -2.48. The van der Waals surface area contributed by atoms with Gasteiger partial charge in [-0.05, 0) is 38.0 Å². The van der Waals surface area contributed by atoms with E-state index in [2.05, 4.69) is 4.98 Å². The molecule has 1 aliphatic rings. The molecule has 3 rings (SSSR count). The number of fused-ring (bicyclic) bond motifs is 1. The third kappa shape index (κ3) is 2.88. The minimum Gasteiger partial charge on any atom is -0.481 e. The maximum absolute atomic E-state index is 12.9. The van der Waals surface area contributed by atoms with Crippen molar-refractivity contribution >= 4 is 34.4 Å². The van der Waals surface area contributed by atoms with Crippen molar-refractivity contribution in [1.82, 2.24) is 9.88 Å². The molecule has 1 aliphatic heterocycles. The second kappa shape index (κ2) is 5.81. The van der Waals surface area contributed by atoms with Crippen LogP contribution >= 0.6 is 11.6 Å². The lowest BCUT2D eigenvalue weighted by atomic mass is 9.82. The molecule has 0 saturated carbocycles. The number of pyridine rings is 1. The summed E-state index contributed by atoms with van der Waals surface area (Å²) < 4.78 is 0. The molecule has 6 heteroatoms. The van der Waals surface area contributed by atoms with E-state index in [0.29, 0.717) is 35.5 Å². The predicted octanol–water partition coefficient (Wildman–Crippen LogP) is 3.22. The van der Waals surface area contributed by atoms with Gasteiger partial charge in [0.1, 0.15) is 0 Å². The predicted molar refractivity (Wildman–Crippen MR) is 87.6 cm³/mol. The monoisotopic (exact) mass is 332 g/mol. The number of aliphatic carboxylic acids is 1. The summed E-state index contributed by atoms with van der Waals surface area (Å²) in [5, 5.41) is 10.7. The van der Waals surface area contributed by atoms with E-state index in [1.54, 1.807) is 36.2 Å². The number of carboxylic acid groups (broad SMARTS) is 1. The molecule has 0 bridgehead atoms.